The average molecular weight is 332 g/mol. The number of nitrogens with two attached hydrogens (primary N) is 1. The van der Waals surface area contributed by atoms with Crippen LogP contribution in [0.2, 0.25) is 5.02 Å². The van der Waals surface area contributed by atoms with E-state index in [-0.39, 0.29) is 5.91 Å². The maximum Gasteiger partial charge on any atom is 0.286 e. The standard InChI is InChI=1S/C16H14ClN3OS/c1-9-6-11(7-14-15(21)19-16(18)22-14)10(2)20(9)13-5-3-4-12(17)8-13/h3-8H,1-2H3,(H2,18,19,21)/b14-7-. The Hall–Kier alpha value is -1.98. The van der Waals surface area contributed by atoms with Crippen LogP contribution in [-0.4, -0.2) is 15.6 Å². The predicted octanol–water partition coefficient (Wildman–Crippen LogP) is 3.68. The fourth-order valence-electron chi connectivity index (χ4n) is 2.51. The van der Waals surface area contributed by atoms with Gasteiger partial charge in [-0.05, 0) is 61.5 Å². The Bertz CT molecular complexity index is 836. The first-order valence-electron chi connectivity index (χ1n) is 6.68. The van der Waals surface area contributed by atoms with Gasteiger partial charge in [-0.15, -0.1) is 0 Å². The summed E-state index contributed by atoms with van der Waals surface area (Å²) in [7, 11) is 0. The smallest absolute Gasteiger partial charge is 0.286 e. The molecule has 3 rings (SSSR count). The first-order chi connectivity index (χ1) is 10.5. The molecule has 2 N–H and O–H groups in total. The van der Waals surface area contributed by atoms with Gasteiger partial charge in [-0.3, -0.25) is 4.79 Å². The molecule has 0 bridgehead atoms. The van der Waals surface area contributed by atoms with Gasteiger partial charge < -0.3 is 10.3 Å². The molecule has 112 valence electrons. The number of aliphatic imine (C=N–C) groups is 1. The Labute approximate surface area is 137 Å². The number of amidine groups is 1. The van der Waals surface area contributed by atoms with E-state index in [1.807, 2.05) is 50.3 Å². The SMILES string of the molecule is Cc1cc(/C=C2\SC(N)=NC2=O)c(C)n1-c1cccc(Cl)c1. The van der Waals surface area contributed by atoms with E-state index in [9.17, 15) is 4.79 Å². The number of hydrogen-bond acceptors (Lipinski definition) is 3. The van der Waals surface area contributed by atoms with Crippen molar-refractivity contribution in [1.29, 1.82) is 0 Å². The summed E-state index contributed by atoms with van der Waals surface area (Å²) in [6.07, 6.45) is 1.83. The number of halogens is 1. The molecule has 0 unspecified atom stereocenters. The van der Waals surface area contributed by atoms with Gasteiger partial charge in [0.15, 0.2) is 5.17 Å². The molecule has 1 aliphatic rings. The molecular weight excluding hydrogens is 318 g/mol. The zero-order valence-corrected chi connectivity index (χ0v) is 13.7. The number of aromatic nitrogens is 1. The molecule has 0 atom stereocenters. The highest BCUT2D eigenvalue weighted by Gasteiger charge is 2.20. The highest BCUT2D eigenvalue weighted by Crippen LogP contribution is 2.29. The van der Waals surface area contributed by atoms with Crippen LogP contribution in [0.25, 0.3) is 11.8 Å². The number of nitrogens with zero attached hydrogens (tertiary/aromatic N) is 2. The molecule has 4 nitrogen and oxygen atoms in total. The third-order valence-corrected chi connectivity index (χ3v) is 4.51. The Kier molecular flexibility index (Phi) is 3.85. The maximum absolute atomic E-state index is 11.7. The molecule has 1 aliphatic heterocycles. The van der Waals surface area contributed by atoms with E-state index >= 15 is 0 Å². The molecule has 1 aromatic carbocycles. The quantitative estimate of drug-likeness (QED) is 0.854. The number of hydrogen-bond donors (Lipinski definition) is 1. The van der Waals surface area contributed by atoms with E-state index in [4.69, 9.17) is 17.3 Å². The summed E-state index contributed by atoms with van der Waals surface area (Å²) in [4.78, 5) is 16.0. The fraction of sp³-hybridized carbons (Fsp3) is 0.125. The number of benzene rings is 1. The summed E-state index contributed by atoms with van der Waals surface area (Å²) in [6.45, 7) is 4.03. The molecule has 0 saturated heterocycles. The van der Waals surface area contributed by atoms with Crippen molar-refractivity contribution in [3.8, 4) is 5.69 Å². The van der Waals surface area contributed by atoms with E-state index < -0.39 is 0 Å². The second-order valence-corrected chi connectivity index (χ2v) is 6.51. The number of amides is 1. The van der Waals surface area contributed by atoms with Crippen LogP contribution in [0.5, 0.6) is 0 Å². The van der Waals surface area contributed by atoms with Gasteiger partial charge in [0.2, 0.25) is 0 Å². The van der Waals surface area contributed by atoms with Crippen molar-refractivity contribution in [2.24, 2.45) is 10.7 Å². The minimum Gasteiger partial charge on any atom is -0.378 e. The molecule has 0 spiro atoms. The van der Waals surface area contributed by atoms with E-state index in [2.05, 4.69) is 9.56 Å². The van der Waals surface area contributed by atoms with E-state index in [1.165, 1.54) is 11.8 Å². The number of aryl methyl sites for hydroxylation is 1. The maximum atomic E-state index is 11.7. The molecule has 2 heterocycles. The summed E-state index contributed by atoms with van der Waals surface area (Å²) in [5.74, 6) is -0.282. The normalized spacial score (nSPS) is 16.4. The van der Waals surface area contributed by atoms with Crippen LogP contribution >= 0.6 is 23.4 Å². The highest BCUT2D eigenvalue weighted by molar-refractivity contribution is 8.18. The lowest BCUT2D eigenvalue weighted by Crippen LogP contribution is -2.01. The molecule has 2 aromatic rings. The number of rotatable bonds is 2. The Balaban J connectivity index is 2.05. The van der Waals surface area contributed by atoms with E-state index in [1.54, 1.807) is 0 Å². The van der Waals surface area contributed by atoms with Gasteiger partial charge >= 0.3 is 0 Å². The largest absolute Gasteiger partial charge is 0.378 e. The van der Waals surface area contributed by atoms with Crippen LogP contribution < -0.4 is 5.73 Å². The Morgan fingerprint density at radius 3 is 2.73 bits per heavy atom. The third-order valence-electron chi connectivity index (χ3n) is 3.46. The predicted molar refractivity (Wildman–Crippen MR) is 92.5 cm³/mol. The topological polar surface area (TPSA) is 60.4 Å². The van der Waals surface area contributed by atoms with Crippen molar-refractivity contribution < 1.29 is 4.79 Å². The third kappa shape index (κ3) is 2.69. The van der Waals surface area contributed by atoms with Crippen LogP contribution in [-0.2, 0) is 4.79 Å². The lowest BCUT2D eigenvalue weighted by atomic mass is 10.2. The van der Waals surface area contributed by atoms with Crippen molar-refractivity contribution in [2.45, 2.75) is 13.8 Å². The van der Waals surface area contributed by atoms with Gasteiger partial charge in [-0.25, -0.2) is 0 Å². The summed E-state index contributed by atoms with van der Waals surface area (Å²) in [5.41, 5.74) is 9.65. The van der Waals surface area contributed by atoms with Gasteiger partial charge in [0.05, 0.1) is 4.91 Å². The lowest BCUT2D eigenvalue weighted by molar-refractivity contribution is -0.113. The zero-order chi connectivity index (χ0) is 15.9. The van der Waals surface area contributed by atoms with Crippen molar-refractivity contribution >= 4 is 40.5 Å². The zero-order valence-electron chi connectivity index (χ0n) is 12.1. The van der Waals surface area contributed by atoms with Crippen LogP contribution in [0.15, 0.2) is 40.2 Å². The Morgan fingerprint density at radius 2 is 2.09 bits per heavy atom. The molecular formula is C16H14ClN3OS. The van der Waals surface area contributed by atoms with Crippen LogP contribution in [0.4, 0.5) is 0 Å². The van der Waals surface area contributed by atoms with E-state index in [0.29, 0.717) is 15.1 Å². The number of thioether (sulfide) groups is 1. The van der Waals surface area contributed by atoms with E-state index in [0.717, 1.165) is 22.6 Å². The van der Waals surface area contributed by atoms with Gasteiger partial charge in [-0.2, -0.15) is 4.99 Å². The summed E-state index contributed by atoms with van der Waals surface area (Å²) in [6, 6.07) is 9.70. The fourth-order valence-corrected chi connectivity index (χ4v) is 3.37. The van der Waals surface area contributed by atoms with Crippen LogP contribution in [0, 0.1) is 13.8 Å². The van der Waals surface area contributed by atoms with Gasteiger partial charge in [0, 0.05) is 22.1 Å². The van der Waals surface area contributed by atoms with Crippen molar-refractivity contribution in [3.63, 3.8) is 0 Å². The second-order valence-electron chi connectivity index (χ2n) is 5.01. The van der Waals surface area contributed by atoms with Crippen molar-refractivity contribution in [1.82, 2.24) is 4.57 Å². The average Bonchev–Trinajstić information content (AvgIpc) is 2.90. The number of carbonyl (C=O) groups is 1. The number of carbonyl (C=O) groups excluding carboxylic acids is 1. The lowest BCUT2D eigenvalue weighted by Gasteiger charge is -2.10. The minimum atomic E-state index is -0.282. The summed E-state index contributed by atoms with van der Waals surface area (Å²) < 4.78 is 2.10. The van der Waals surface area contributed by atoms with Gasteiger partial charge in [-0.1, -0.05) is 17.7 Å². The molecule has 22 heavy (non-hydrogen) atoms. The summed E-state index contributed by atoms with van der Waals surface area (Å²) >= 11 is 7.28. The highest BCUT2D eigenvalue weighted by atomic mass is 35.5. The van der Waals surface area contributed by atoms with Crippen LogP contribution in [0.1, 0.15) is 17.0 Å². The van der Waals surface area contributed by atoms with Crippen molar-refractivity contribution in [3.05, 3.63) is 57.2 Å². The minimum absolute atomic E-state index is 0.282. The first-order valence-corrected chi connectivity index (χ1v) is 7.88. The summed E-state index contributed by atoms with van der Waals surface area (Å²) in [5, 5.41) is 0.979. The molecule has 0 fully saturated rings. The first kappa shape index (κ1) is 14.9. The Morgan fingerprint density at radius 1 is 1.32 bits per heavy atom. The monoisotopic (exact) mass is 331 g/mol. The molecule has 0 radical (unpaired) electrons. The molecule has 1 amide bonds. The molecule has 0 aliphatic carbocycles. The second kappa shape index (κ2) is 5.66. The molecule has 6 heteroatoms. The van der Waals surface area contributed by atoms with Crippen LogP contribution in [0.3, 0.4) is 0 Å². The van der Waals surface area contributed by atoms with Crippen molar-refractivity contribution in [2.75, 3.05) is 0 Å². The van der Waals surface area contributed by atoms with Gasteiger partial charge in [0.25, 0.3) is 5.91 Å². The molecule has 0 saturated carbocycles. The molecule has 1 aromatic heterocycles. The van der Waals surface area contributed by atoms with Gasteiger partial charge in [0.1, 0.15) is 0 Å².